The zero-order chi connectivity index (χ0) is 10.7. The molecular weight excluding hydrogens is 188 g/mol. The highest BCUT2D eigenvalue weighted by molar-refractivity contribution is 5.13. The summed E-state index contributed by atoms with van der Waals surface area (Å²) in [6.45, 7) is 2.18. The fourth-order valence-electron chi connectivity index (χ4n) is 1.98. The Hall–Kier alpha value is -0.930. The van der Waals surface area contributed by atoms with E-state index in [0.29, 0.717) is 18.2 Å². The van der Waals surface area contributed by atoms with E-state index in [1.54, 1.807) is 13.3 Å². The maximum atomic E-state index is 5.25. The number of aromatic nitrogens is 1. The Morgan fingerprint density at radius 3 is 2.93 bits per heavy atom. The van der Waals surface area contributed by atoms with Gasteiger partial charge in [-0.3, -0.25) is 4.98 Å². The molecule has 1 heterocycles. The molecule has 0 aromatic carbocycles. The molecule has 3 nitrogen and oxygen atoms in total. The first-order valence-corrected chi connectivity index (χ1v) is 5.48. The number of pyridine rings is 1. The molecule has 1 atom stereocenters. The summed E-state index contributed by atoms with van der Waals surface area (Å²) in [6, 6.07) is 5.07. The van der Waals surface area contributed by atoms with Crippen LogP contribution in [0.5, 0.6) is 0 Å². The number of rotatable bonds is 4. The minimum atomic E-state index is 0.376. The summed E-state index contributed by atoms with van der Waals surface area (Å²) in [5.74, 6) is 0. The number of hydrogen-bond acceptors (Lipinski definition) is 3. The molecule has 3 heteroatoms. The van der Waals surface area contributed by atoms with Gasteiger partial charge in [-0.15, -0.1) is 0 Å². The largest absolute Gasteiger partial charge is 0.381 e. The van der Waals surface area contributed by atoms with Gasteiger partial charge >= 0.3 is 0 Å². The van der Waals surface area contributed by atoms with Crippen molar-refractivity contribution < 1.29 is 4.74 Å². The number of nitrogens with zero attached hydrogens (tertiary/aromatic N) is 1. The monoisotopic (exact) mass is 206 g/mol. The van der Waals surface area contributed by atoms with Gasteiger partial charge in [0.05, 0.1) is 6.10 Å². The predicted octanol–water partition coefficient (Wildman–Crippen LogP) is 1.91. The summed E-state index contributed by atoms with van der Waals surface area (Å²) in [6.07, 6.45) is 6.44. The van der Waals surface area contributed by atoms with Gasteiger partial charge in [0, 0.05) is 31.6 Å². The lowest BCUT2D eigenvalue weighted by Crippen LogP contribution is -2.45. The highest BCUT2D eigenvalue weighted by atomic mass is 16.5. The summed E-state index contributed by atoms with van der Waals surface area (Å²) in [7, 11) is 1.78. The Kier molecular flexibility index (Phi) is 3.34. The second-order valence-corrected chi connectivity index (χ2v) is 4.20. The van der Waals surface area contributed by atoms with E-state index in [0.717, 1.165) is 12.8 Å². The Bertz CT molecular complexity index is 296. The second-order valence-electron chi connectivity index (χ2n) is 4.20. The minimum Gasteiger partial charge on any atom is -0.381 e. The Morgan fingerprint density at radius 2 is 2.33 bits per heavy atom. The van der Waals surface area contributed by atoms with Crippen LogP contribution < -0.4 is 5.32 Å². The SMILES string of the molecule is COC1CC(NC(C)c2cccnc2)C1. The third-order valence-corrected chi connectivity index (χ3v) is 3.10. The van der Waals surface area contributed by atoms with Crippen LogP contribution in [0.4, 0.5) is 0 Å². The number of methoxy groups -OCH3 is 1. The second kappa shape index (κ2) is 4.73. The van der Waals surface area contributed by atoms with Crippen LogP contribution in [-0.2, 0) is 4.74 Å². The molecule has 1 aliphatic carbocycles. The van der Waals surface area contributed by atoms with Crippen LogP contribution in [-0.4, -0.2) is 24.2 Å². The molecule has 15 heavy (non-hydrogen) atoms. The molecule has 1 aliphatic rings. The van der Waals surface area contributed by atoms with Crippen molar-refractivity contribution in [1.29, 1.82) is 0 Å². The van der Waals surface area contributed by atoms with E-state index in [-0.39, 0.29) is 0 Å². The topological polar surface area (TPSA) is 34.1 Å². The average Bonchev–Trinajstić information content (AvgIpc) is 2.23. The van der Waals surface area contributed by atoms with E-state index in [4.69, 9.17) is 4.74 Å². The number of ether oxygens (including phenoxy) is 1. The summed E-state index contributed by atoms with van der Waals surface area (Å²) in [5.41, 5.74) is 1.25. The normalized spacial score (nSPS) is 27.1. The molecule has 0 radical (unpaired) electrons. The van der Waals surface area contributed by atoms with E-state index in [9.17, 15) is 0 Å². The molecule has 1 aromatic heterocycles. The molecule has 0 spiro atoms. The molecule has 2 rings (SSSR count). The van der Waals surface area contributed by atoms with Crippen molar-refractivity contribution >= 4 is 0 Å². The van der Waals surface area contributed by atoms with E-state index < -0.39 is 0 Å². The van der Waals surface area contributed by atoms with Gasteiger partial charge in [0.25, 0.3) is 0 Å². The maximum Gasteiger partial charge on any atom is 0.0601 e. The molecular formula is C12H18N2O. The lowest BCUT2D eigenvalue weighted by atomic mass is 9.88. The third kappa shape index (κ3) is 2.55. The van der Waals surface area contributed by atoms with Gasteiger partial charge < -0.3 is 10.1 Å². The standard InChI is InChI=1S/C12H18N2O/c1-9(10-4-3-5-13-8-10)14-11-6-12(7-11)15-2/h3-5,8-9,11-12,14H,6-7H2,1-2H3. The molecule has 1 unspecified atom stereocenters. The van der Waals surface area contributed by atoms with Crippen LogP contribution >= 0.6 is 0 Å². The first-order valence-electron chi connectivity index (χ1n) is 5.48. The number of hydrogen-bond donors (Lipinski definition) is 1. The highest BCUT2D eigenvalue weighted by Crippen LogP contribution is 2.25. The fraction of sp³-hybridized carbons (Fsp3) is 0.583. The van der Waals surface area contributed by atoms with Crippen molar-refractivity contribution in [2.24, 2.45) is 0 Å². The van der Waals surface area contributed by atoms with Gasteiger partial charge in [-0.25, -0.2) is 0 Å². The zero-order valence-corrected chi connectivity index (χ0v) is 9.31. The summed E-state index contributed by atoms with van der Waals surface area (Å²) in [4.78, 5) is 4.12. The lowest BCUT2D eigenvalue weighted by molar-refractivity contribution is 0.0147. The van der Waals surface area contributed by atoms with E-state index in [1.807, 2.05) is 12.3 Å². The Morgan fingerprint density at radius 1 is 1.53 bits per heavy atom. The van der Waals surface area contributed by atoms with Gasteiger partial charge in [0.15, 0.2) is 0 Å². The van der Waals surface area contributed by atoms with Crippen LogP contribution in [0.15, 0.2) is 24.5 Å². The molecule has 0 saturated heterocycles. The molecule has 0 aliphatic heterocycles. The molecule has 0 bridgehead atoms. The summed E-state index contributed by atoms with van der Waals surface area (Å²) < 4.78 is 5.25. The van der Waals surface area contributed by atoms with Crippen molar-refractivity contribution in [3.05, 3.63) is 30.1 Å². The maximum absolute atomic E-state index is 5.25. The third-order valence-electron chi connectivity index (χ3n) is 3.10. The quantitative estimate of drug-likeness (QED) is 0.817. The molecule has 1 N–H and O–H groups in total. The number of nitrogens with one attached hydrogen (secondary N) is 1. The van der Waals surface area contributed by atoms with Crippen molar-refractivity contribution in [2.45, 2.75) is 38.0 Å². The predicted molar refractivity (Wildman–Crippen MR) is 59.6 cm³/mol. The van der Waals surface area contributed by atoms with Gasteiger partial charge in [-0.05, 0) is 31.4 Å². The molecule has 1 aromatic rings. The van der Waals surface area contributed by atoms with Gasteiger partial charge in [-0.2, -0.15) is 0 Å². The van der Waals surface area contributed by atoms with Crippen LogP contribution in [0.25, 0.3) is 0 Å². The van der Waals surface area contributed by atoms with Crippen molar-refractivity contribution in [1.82, 2.24) is 10.3 Å². The minimum absolute atomic E-state index is 0.376. The zero-order valence-electron chi connectivity index (χ0n) is 9.31. The van der Waals surface area contributed by atoms with Gasteiger partial charge in [0.1, 0.15) is 0 Å². The van der Waals surface area contributed by atoms with Crippen molar-refractivity contribution in [3.8, 4) is 0 Å². The van der Waals surface area contributed by atoms with Crippen LogP contribution in [0, 0.1) is 0 Å². The summed E-state index contributed by atoms with van der Waals surface area (Å²) >= 11 is 0. The molecule has 82 valence electrons. The van der Waals surface area contributed by atoms with Crippen molar-refractivity contribution in [3.63, 3.8) is 0 Å². The lowest BCUT2D eigenvalue weighted by Gasteiger charge is -2.36. The highest BCUT2D eigenvalue weighted by Gasteiger charge is 2.29. The van der Waals surface area contributed by atoms with E-state index >= 15 is 0 Å². The Labute approximate surface area is 90.9 Å². The smallest absolute Gasteiger partial charge is 0.0601 e. The molecule has 0 amide bonds. The molecule has 1 fully saturated rings. The fourth-order valence-corrected chi connectivity index (χ4v) is 1.98. The summed E-state index contributed by atoms with van der Waals surface area (Å²) in [5, 5.41) is 3.58. The van der Waals surface area contributed by atoms with Crippen LogP contribution in [0.3, 0.4) is 0 Å². The van der Waals surface area contributed by atoms with Gasteiger partial charge in [-0.1, -0.05) is 6.07 Å². The van der Waals surface area contributed by atoms with Crippen molar-refractivity contribution in [2.75, 3.05) is 7.11 Å². The first kappa shape index (κ1) is 10.6. The Balaban J connectivity index is 1.81. The van der Waals surface area contributed by atoms with Crippen LogP contribution in [0.1, 0.15) is 31.4 Å². The van der Waals surface area contributed by atoms with Gasteiger partial charge in [0.2, 0.25) is 0 Å². The van der Waals surface area contributed by atoms with Crippen LogP contribution in [0.2, 0.25) is 0 Å². The first-order chi connectivity index (χ1) is 7.29. The van der Waals surface area contributed by atoms with E-state index in [2.05, 4.69) is 23.3 Å². The van der Waals surface area contributed by atoms with E-state index in [1.165, 1.54) is 5.56 Å². The average molecular weight is 206 g/mol. The molecule has 1 saturated carbocycles.